The molecule has 108 valence electrons. The van der Waals surface area contributed by atoms with E-state index >= 15 is 0 Å². The first-order valence-corrected chi connectivity index (χ1v) is 6.83. The summed E-state index contributed by atoms with van der Waals surface area (Å²) in [4.78, 5) is 37.7. The largest absolute Gasteiger partial charge is 0.326 e. The summed E-state index contributed by atoms with van der Waals surface area (Å²) in [5, 5.41) is 0. The summed E-state index contributed by atoms with van der Waals surface area (Å²) < 4.78 is 0.842. The number of aryl methyl sites for hydroxylation is 1. The maximum Gasteiger partial charge on any atom is 0.275 e. The predicted molar refractivity (Wildman–Crippen MR) is 80.9 cm³/mol. The van der Waals surface area contributed by atoms with Crippen molar-refractivity contribution in [3.05, 3.63) is 68.0 Å². The smallest absolute Gasteiger partial charge is 0.275 e. The van der Waals surface area contributed by atoms with E-state index in [4.69, 9.17) is 0 Å². The summed E-state index contributed by atoms with van der Waals surface area (Å²) in [5.41, 5.74) is 4.91. The van der Waals surface area contributed by atoms with Crippen LogP contribution in [-0.4, -0.2) is 16.8 Å². The highest BCUT2D eigenvalue weighted by Crippen LogP contribution is 2.10. The van der Waals surface area contributed by atoms with E-state index in [1.165, 1.54) is 6.07 Å². The van der Waals surface area contributed by atoms with Crippen molar-refractivity contribution in [1.29, 1.82) is 0 Å². The van der Waals surface area contributed by atoms with Crippen LogP contribution >= 0.6 is 15.9 Å². The minimum Gasteiger partial charge on any atom is -0.326 e. The van der Waals surface area contributed by atoms with E-state index in [2.05, 4.69) is 31.8 Å². The van der Waals surface area contributed by atoms with Gasteiger partial charge >= 0.3 is 0 Å². The summed E-state index contributed by atoms with van der Waals surface area (Å²) in [6, 6.07) is 9.62. The van der Waals surface area contributed by atoms with E-state index in [9.17, 15) is 14.4 Å². The average molecular weight is 350 g/mol. The highest BCUT2D eigenvalue weighted by atomic mass is 79.9. The van der Waals surface area contributed by atoms with Crippen LogP contribution in [0, 0.1) is 6.92 Å². The third-order valence-electron chi connectivity index (χ3n) is 2.70. The Morgan fingerprint density at radius 1 is 1.00 bits per heavy atom. The van der Waals surface area contributed by atoms with E-state index in [0.29, 0.717) is 11.3 Å². The summed E-state index contributed by atoms with van der Waals surface area (Å²) in [5.74, 6) is -1.15. The summed E-state index contributed by atoms with van der Waals surface area (Å²) >= 11 is 3.26. The Bertz CT molecular complexity index is 738. The number of H-pyrrole nitrogens is 1. The minimum absolute atomic E-state index is 0.0725. The molecule has 0 fully saturated rings. The van der Waals surface area contributed by atoms with Crippen LogP contribution in [0.5, 0.6) is 0 Å². The van der Waals surface area contributed by atoms with Gasteiger partial charge in [0.25, 0.3) is 17.4 Å². The fourth-order valence-electron chi connectivity index (χ4n) is 1.61. The van der Waals surface area contributed by atoms with E-state index in [-0.39, 0.29) is 5.56 Å². The van der Waals surface area contributed by atoms with Crippen LogP contribution in [0.1, 0.15) is 26.4 Å². The molecule has 0 bridgehead atoms. The van der Waals surface area contributed by atoms with Crippen molar-refractivity contribution < 1.29 is 9.59 Å². The van der Waals surface area contributed by atoms with Gasteiger partial charge in [0, 0.05) is 15.7 Å². The summed E-state index contributed by atoms with van der Waals surface area (Å²) in [6.07, 6.45) is 0. The molecular formula is C14H12BrN3O3. The molecule has 0 saturated carbocycles. The molecule has 2 rings (SSSR count). The molecule has 0 saturated heterocycles. The number of carbonyl (C=O) groups is 2. The molecule has 1 aromatic carbocycles. The lowest BCUT2D eigenvalue weighted by Gasteiger charge is -2.07. The molecule has 0 aliphatic heterocycles. The Morgan fingerprint density at radius 2 is 1.62 bits per heavy atom. The van der Waals surface area contributed by atoms with Crippen LogP contribution in [0.15, 0.2) is 45.7 Å². The first-order valence-electron chi connectivity index (χ1n) is 6.03. The Balaban J connectivity index is 2.02. The molecule has 0 aliphatic rings. The molecule has 21 heavy (non-hydrogen) atoms. The van der Waals surface area contributed by atoms with Gasteiger partial charge < -0.3 is 4.98 Å². The van der Waals surface area contributed by atoms with Gasteiger partial charge in [0.05, 0.1) is 0 Å². The van der Waals surface area contributed by atoms with Crippen LogP contribution in [-0.2, 0) is 0 Å². The van der Waals surface area contributed by atoms with Crippen LogP contribution in [0.4, 0.5) is 0 Å². The number of hydrogen-bond donors (Lipinski definition) is 3. The van der Waals surface area contributed by atoms with Gasteiger partial charge in [-0.3, -0.25) is 25.2 Å². The number of aromatic amines is 1. The molecule has 1 aromatic heterocycles. The topological polar surface area (TPSA) is 91.1 Å². The molecular weight excluding hydrogens is 338 g/mol. The van der Waals surface area contributed by atoms with Crippen molar-refractivity contribution in [3.63, 3.8) is 0 Å². The quantitative estimate of drug-likeness (QED) is 0.718. The van der Waals surface area contributed by atoms with E-state index in [1.807, 2.05) is 0 Å². The molecule has 0 unspecified atom stereocenters. The van der Waals surface area contributed by atoms with Crippen molar-refractivity contribution in [2.24, 2.45) is 0 Å². The van der Waals surface area contributed by atoms with Gasteiger partial charge in [0.2, 0.25) is 0 Å². The fraction of sp³-hybridized carbons (Fsp3) is 0.0714. The molecule has 2 amide bonds. The SMILES string of the molecule is Cc1ccc(C(=O)NNC(=O)c2ccc(Br)cc2)c(=O)[nH]1. The lowest BCUT2D eigenvalue weighted by Crippen LogP contribution is -2.43. The van der Waals surface area contributed by atoms with Crippen molar-refractivity contribution in [2.45, 2.75) is 6.92 Å². The molecule has 3 N–H and O–H groups in total. The highest BCUT2D eigenvalue weighted by molar-refractivity contribution is 9.10. The number of aromatic nitrogens is 1. The number of amides is 2. The number of hydrazine groups is 1. The summed E-state index contributed by atoms with van der Waals surface area (Å²) in [6.45, 7) is 1.71. The normalized spacial score (nSPS) is 10.0. The number of halogens is 1. The standard InChI is InChI=1S/C14H12BrN3O3/c1-8-2-7-11(13(20)16-8)14(21)18-17-12(19)9-3-5-10(15)6-4-9/h2-7H,1H3,(H,16,20)(H,17,19)(H,18,21). The van der Waals surface area contributed by atoms with Gasteiger partial charge in [-0.2, -0.15) is 0 Å². The Labute approximate surface area is 128 Å². The Kier molecular flexibility index (Phi) is 4.54. The second-order valence-corrected chi connectivity index (χ2v) is 5.21. The van der Waals surface area contributed by atoms with Crippen LogP contribution in [0.3, 0.4) is 0 Å². The van der Waals surface area contributed by atoms with Crippen LogP contribution < -0.4 is 16.4 Å². The second-order valence-electron chi connectivity index (χ2n) is 4.30. The minimum atomic E-state index is -0.679. The molecule has 0 spiro atoms. The number of hydrogen-bond acceptors (Lipinski definition) is 3. The molecule has 1 heterocycles. The lowest BCUT2D eigenvalue weighted by molar-refractivity contribution is 0.0846. The number of pyridine rings is 1. The van der Waals surface area contributed by atoms with Gasteiger partial charge in [-0.1, -0.05) is 15.9 Å². The maximum atomic E-state index is 11.8. The van der Waals surface area contributed by atoms with Gasteiger partial charge in [0.1, 0.15) is 5.56 Å². The zero-order valence-electron chi connectivity index (χ0n) is 11.1. The fourth-order valence-corrected chi connectivity index (χ4v) is 1.87. The second kappa shape index (κ2) is 6.36. The Hall–Kier alpha value is -2.41. The zero-order valence-corrected chi connectivity index (χ0v) is 12.7. The predicted octanol–water partition coefficient (Wildman–Crippen LogP) is 1.52. The molecule has 0 aliphatic carbocycles. The van der Waals surface area contributed by atoms with Crippen molar-refractivity contribution in [3.8, 4) is 0 Å². The van der Waals surface area contributed by atoms with Crippen LogP contribution in [0.2, 0.25) is 0 Å². The van der Waals surface area contributed by atoms with Gasteiger partial charge in [-0.15, -0.1) is 0 Å². The van der Waals surface area contributed by atoms with E-state index < -0.39 is 17.4 Å². The number of carbonyl (C=O) groups excluding carboxylic acids is 2. The average Bonchev–Trinajstić information content (AvgIpc) is 2.45. The van der Waals surface area contributed by atoms with Crippen molar-refractivity contribution >= 4 is 27.7 Å². The van der Waals surface area contributed by atoms with E-state index in [1.54, 1.807) is 37.3 Å². The maximum absolute atomic E-state index is 11.8. The molecule has 6 nitrogen and oxygen atoms in total. The van der Waals surface area contributed by atoms with Crippen molar-refractivity contribution in [2.75, 3.05) is 0 Å². The van der Waals surface area contributed by atoms with Crippen molar-refractivity contribution in [1.82, 2.24) is 15.8 Å². The van der Waals surface area contributed by atoms with Crippen LogP contribution in [0.25, 0.3) is 0 Å². The number of nitrogens with one attached hydrogen (secondary N) is 3. The lowest BCUT2D eigenvalue weighted by atomic mass is 10.2. The highest BCUT2D eigenvalue weighted by Gasteiger charge is 2.12. The molecule has 0 radical (unpaired) electrons. The van der Waals surface area contributed by atoms with E-state index in [0.717, 1.165) is 4.47 Å². The molecule has 7 heteroatoms. The third kappa shape index (κ3) is 3.79. The molecule has 0 atom stereocenters. The number of benzene rings is 1. The van der Waals surface area contributed by atoms with Gasteiger partial charge in [-0.05, 0) is 43.3 Å². The summed E-state index contributed by atoms with van der Waals surface area (Å²) in [7, 11) is 0. The Morgan fingerprint density at radius 3 is 2.24 bits per heavy atom. The first kappa shape index (κ1) is 15.0. The first-order chi connectivity index (χ1) is 9.97. The molecule has 2 aromatic rings. The number of rotatable bonds is 2. The van der Waals surface area contributed by atoms with Gasteiger partial charge in [-0.25, -0.2) is 0 Å². The zero-order chi connectivity index (χ0) is 15.4. The third-order valence-corrected chi connectivity index (χ3v) is 3.22. The van der Waals surface area contributed by atoms with Gasteiger partial charge in [0.15, 0.2) is 0 Å². The monoisotopic (exact) mass is 349 g/mol.